The number of rotatable bonds is 2. The van der Waals surface area contributed by atoms with E-state index in [4.69, 9.17) is 4.42 Å². The fraction of sp³-hybridized carbons (Fsp3) is 0.286. The number of carbonyl (C=O) groups excluding carboxylic acids is 1. The second-order valence-corrected chi connectivity index (χ2v) is 7.30. The van der Waals surface area contributed by atoms with Crippen LogP contribution in [0.25, 0.3) is 11.3 Å². The number of hydrogen-bond acceptors (Lipinski definition) is 4. The second-order valence-electron chi connectivity index (χ2n) is 7.30. The highest BCUT2D eigenvalue weighted by atomic mass is 19.1. The normalized spacial score (nSPS) is 20.1. The third-order valence-electron chi connectivity index (χ3n) is 5.72. The maximum Gasteiger partial charge on any atom is 0.322 e. The molecular weight excluding hydrogens is 359 g/mol. The number of oxazole rings is 1. The van der Waals surface area contributed by atoms with Crippen molar-refractivity contribution in [3.05, 3.63) is 65.7 Å². The van der Waals surface area contributed by atoms with Gasteiger partial charge >= 0.3 is 6.03 Å². The summed E-state index contributed by atoms with van der Waals surface area (Å²) in [5, 5.41) is 2.98. The maximum absolute atomic E-state index is 14.1. The van der Waals surface area contributed by atoms with Crippen LogP contribution in [0.2, 0.25) is 0 Å². The van der Waals surface area contributed by atoms with Gasteiger partial charge in [0.25, 0.3) is 0 Å². The van der Waals surface area contributed by atoms with E-state index in [1.165, 1.54) is 12.6 Å². The number of nitrogens with zero attached hydrogens (tertiary/aromatic N) is 3. The lowest BCUT2D eigenvalue weighted by Crippen LogP contribution is -2.44. The molecule has 2 aliphatic rings. The Labute approximate surface area is 161 Å². The Kier molecular flexibility index (Phi) is 3.89. The predicted molar refractivity (Wildman–Crippen MR) is 101 cm³/mol. The molecule has 1 fully saturated rings. The molecule has 2 aliphatic heterocycles. The molecule has 2 aromatic heterocycles. The van der Waals surface area contributed by atoms with Gasteiger partial charge in [-0.2, -0.15) is 4.39 Å². The van der Waals surface area contributed by atoms with Crippen LogP contribution in [0, 0.1) is 12.9 Å². The Morgan fingerprint density at radius 1 is 1.21 bits per heavy atom. The van der Waals surface area contributed by atoms with Crippen LogP contribution >= 0.6 is 0 Å². The summed E-state index contributed by atoms with van der Waals surface area (Å²) < 4.78 is 19.5. The van der Waals surface area contributed by atoms with Crippen LogP contribution in [-0.4, -0.2) is 26.9 Å². The first kappa shape index (κ1) is 16.9. The molecule has 28 heavy (non-hydrogen) atoms. The Morgan fingerprint density at radius 2 is 2.04 bits per heavy atom. The lowest BCUT2D eigenvalue weighted by atomic mass is 9.95. The van der Waals surface area contributed by atoms with Gasteiger partial charge < -0.3 is 14.6 Å². The molecule has 0 spiro atoms. The molecule has 2 bridgehead atoms. The molecule has 1 aromatic carbocycles. The van der Waals surface area contributed by atoms with Crippen LogP contribution < -0.4 is 5.32 Å². The van der Waals surface area contributed by atoms with E-state index < -0.39 is 5.95 Å². The molecule has 4 heterocycles. The topological polar surface area (TPSA) is 71.3 Å². The number of carbonyl (C=O) groups is 1. The number of halogens is 1. The van der Waals surface area contributed by atoms with Crippen molar-refractivity contribution in [2.75, 3.05) is 5.32 Å². The predicted octanol–water partition coefficient (Wildman–Crippen LogP) is 4.48. The lowest BCUT2D eigenvalue weighted by molar-refractivity contribution is 0.178. The molecule has 1 N–H and O–H groups in total. The summed E-state index contributed by atoms with van der Waals surface area (Å²) in [7, 11) is 0. The summed E-state index contributed by atoms with van der Waals surface area (Å²) in [4.78, 5) is 22.7. The largest absolute Gasteiger partial charge is 0.443 e. The monoisotopic (exact) mass is 378 g/mol. The zero-order valence-electron chi connectivity index (χ0n) is 15.4. The van der Waals surface area contributed by atoms with Crippen molar-refractivity contribution in [3.8, 4) is 11.3 Å². The average molecular weight is 378 g/mol. The Morgan fingerprint density at radius 3 is 2.79 bits per heavy atom. The SMILES string of the molecule is Cc1ncoc1-c1ccc(NC(=O)N2C3CCC2c2ccnc(F)c2C3)cc1. The van der Waals surface area contributed by atoms with Crippen LogP contribution in [0.4, 0.5) is 14.9 Å². The standard InChI is InChI=1S/C21H19FN4O2/c1-12-19(28-11-24-12)13-2-4-14(5-3-13)25-21(27)26-15-6-7-18(26)16-8-9-23-20(22)17(16)10-15/h2-5,8-9,11,15,18H,6-7,10H2,1H3,(H,25,27). The minimum absolute atomic E-state index is 0.00677. The molecule has 142 valence electrons. The van der Waals surface area contributed by atoms with E-state index in [0.29, 0.717) is 17.7 Å². The van der Waals surface area contributed by atoms with Gasteiger partial charge in [0, 0.05) is 29.1 Å². The minimum Gasteiger partial charge on any atom is -0.443 e. The van der Waals surface area contributed by atoms with E-state index >= 15 is 0 Å². The fourth-order valence-corrected chi connectivity index (χ4v) is 4.40. The molecule has 2 unspecified atom stereocenters. The third-order valence-corrected chi connectivity index (χ3v) is 5.72. The third kappa shape index (κ3) is 2.66. The van der Waals surface area contributed by atoms with Crippen LogP contribution in [-0.2, 0) is 6.42 Å². The second kappa shape index (κ2) is 6.44. The fourth-order valence-electron chi connectivity index (χ4n) is 4.40. The van der Waals surface area contributed by atoms with Gasteiger partial charge in [-0.25, -0.2) is 14.8 Å². The van der Waals surface area contributed by atoms with Crippen LogP contribution in [0.15, 0.2) is 47.3 Å². The molecule has 0 radical (unpaired) electrons. The summed E-state index contributed by atoms with van der Waals surface area (Å²) in [6, 6.07) is 9.07. The molecule has 1 saturated heterocycles. The maximum atomic E-state index is 14.1. The zero-order valence-corrected chi connectivity index (χ0v) is 15.4. The Balaban J connectivity index is 1.36. The van der Waals surface area contributed by atoms with Crippen molar-refractivity contribution in [2.24, 2.45) is 0 Å². The van der Waals surface area contributed by atoms with E-state index in [0.717, 1.165) is 35.4 Å². The van der Waals surface area contributed by atoms with Crippen molar-refractivity contribution in [3.63, 3.8) is 0 Å². The Hall–Kier alpha value is -3.22. The Bertz CT molecular complexity index is 1050. The van der Waals surface area contributed by atoms with Gasteiger partial charge in [-0.05, 0) is 62.1 Å². The molecule has 7 heteroatoms. The highest BCUT2D eigenvalue weighted by molar-refractivity contribution is 5.90. The van der Waals surface area contributed by atoms with Crippen molar-refractivity contribution in [1.82, 2.24) is 14.9 Å². The number of nitrogens with one attached hydrogen (secondary N) is 1. The van der Waals surface area contributed by atoms with Gasteiger partial charge in [0.15, 0.2) is 12.2 Å². The number of urea groups is 1. The number of amides is 2. The van der Waals surface area contributed by atoms with Crippen LogP contribution in [0.3, 0.4) is 0 Å². The summed E-state index contributed by atoms with van der Waals surface area (Å²) in [5.74, 6) is 0.312. The summed E-state index contributed by atoms with van der Waals surface area (Å²) >= 11 is 0. The van der Waals surface area contributed by atoms with E-state index in [2.05, 4.69) is 15.3 Å². The van der Waals surface area contributed by atoms with E-state index in [-0.39, 0.29) is 18.1 Å². The first-order valence-electron chi connectivity index (χ1n) is 9.35. The van der Waals surface area contributed by atoms with Crippen molar-refractivity contribution >= 4 is 11.7 Å². The molecule has 2 atom stereocenters. The van der Waals surface area contributed by atoms with Crippen LogP contribution in [0.5, 0.6) is 0 Å². The number of aryl methyl sites for hydroxylation is 1. The average Bonchev–Trinajstić information content (AvgIpc) is 3.26. The highest BCUT2D eigenvalue weighted by Crippen LogP contribution is 2.44. The number of hydrogen-bond donors (Lipinski definition) is 1. The molecule has 5 rings (SSSR count). The molecule has 0 saturated carbocycles. The van der Waals surface area contributed by atoms with E-state index in [9.17, 15) is 9.18 Å². The number of pyridine rings is 1. The van der Waals surface area contributed by atoms with Crippen molar-refractivity contribution in [1.29, 1.82) is 0 Å². The molecular formula is C21H19FN4O2. The number of fused-ring (bicyclic) bond motifs is 4. The van der Waals surface area contributed by atoms with Crippen molar-refractivity contribution < 1.29 is 13.6 Å². The first-order chi connectivity index (χ1) is 13.6. The van der Waals surface area contributed by atoms with E-state index in [1.807, 2.05) is 42.2 Å². The van der Waals surface area contributed by atoms with Crippen LogP contribution in [0.1, 0.15) is 35.7 Å². The summed E-state index contributed by atoms with van der Waals surface area (Å²) in [5.41, 5.74) is 3.97. The van der Waals surface area contributed by atoms with Gasteiger partial charge in [-0.3, -0.25) is 0 Å². The summed E-state index contributed by atoms with van der Waals surface area (Å²) in [6.45, 7) is 1.89. The molecule has 3 aromatic rings. The quantitative estimate of drug-likeness (QED) is 0.668. The number of benzene rings is 1. The lowest BCUT2D eigenvalue weighted by Gasteiger charge is -2.36. The summed E-state index contributed by atoms with van der Waals surface area (Å²) in [6.07, 6.45) is 5.13. The number of aromatic nitrogens is 2. The van der Waals surface area contributed by atoms with Gasteiger partial charge in [-0.1, -0.05) is 0 Å². The van der Waals surface area contributed by atoms with Gasteiger partial charge in [0.05, 0.1) is 11.7 Å². The smallest absolute Gasteiger partial charge is 0.322 e. The van der Waals surface area contributed by atoms with Crippen molar-refractivity contribution in [2.45, 2.75) is 38.3 Å². The van der Waals surface area contributed by atoms with Gasteiger partial charge in [0.2, 0.25) is 5.95 Å². The number of anilines is 1. The first-order valence-corrected chi connectivity index (χ1v) is 9.35. The zero-order chi connectivity index (χ0) is 19.3. The minimum atomic E-state index is -0.409. The van der Waals surface area contributed by atoms with E-state index in [1.54, 1.807) is 0 Å². The van der Waals surface area contributed by atoms with Gasteiger partial charge in [-0.15, -0.1) is 0 Å². The van der Waals surface area contributed by atoms with Gasteiger partial charge in [0.1, 0.15) is 0 Å². The molecule has 2 amide bonds. The molecule has 6 nitrogen and oxygen atoms in total. The highest BCUT2D eigenvalue weighted by Gasteiger charge is 2.43. The molecule has 0 aliphatic carbocycles.